The summed E-state index contributed by atoms with van der Waals surface area (Å²) in [4.78, 5) is 12.4. The second-order valence-electron chi connectivity index (χ2n) is 12.4. The maximum Gasteiger partial charge on any atom is 0.335 e. The topological polar surface area (TPSA) is 324 Å². The third-order valence-electron chi connectivity index (χ3n) is 9.23. The molecule has 0 aliphatic carbocycles. The first-order valence-corrected chi connectivity index (χ1v) is 15.2. The minimum atomic E-state index is -2.00. The number of hydrogen-bond acceptors (Lipinski definition) is 19. The van der Waals surface area contributed by atoms with Gasteiger partial charge in [0.25, 0.3) is 0 Å². The van der Waals surface area contributed by atoms with Crippen molar-refractivity contribution in [3.05, 3.63) is 0 Å². The van der Waals surface area contributed by atoms with Gasteiger partial charge < -0.3 is 94.4 Å². The zero-order valence-corrected chi connectivity index (χ0v) is 25.7. The summed E-state index contributed by atoms with van der Waals surface area (Å²) in [5.41, 5.74) is -1.60. The van der Waals surface area contributed by atoms with Gasteiger partial charge in [-0.25, -0.2) is 4.79 Å². The Balaban J connectivity index is 1.65. The SMILES string of the molecule is CCC1(C)O[C@H](C(=O)O)[C@@H](O[C@@H]2O[C@H](CO)[C@H](O)[C@H](O)[C@H]2O[C@@H]2O[C@H](CO)[C@@H](O)[C@H](O)[C@H]2O)[C@H](O)[C@H]1OC1O[C@@H](C)[C@H](O)[C@@H](O)[C@H]1O. The van der Waals surface area contributed by atoms with Crippen molar-refractivity contribution in [3.8, 4) is 0 Å². The van der Waals surface area contributed by atoms with Gasteiger partial charge in [-0.05, 0) is 20.3 Å². The predicted octanol–water partition coefficient (Wildman–Crippen LogP) is -6.78. The van der Waals surface area contributed by atoms with E-state index in [1.165, 1.54) is 13.8 Å². The zero-order valence-electron chi connectivity index (χ0n) is 25.7. The molecule has 2 unspecified atom stereocenters. The summed E-state index contributed by atoms with van der Waals surface area (Å²) in [5.74, 6) is -1.63. The lowest BCUT2D eigenvalue weighted by Crippen LogP contribution is -2.70. The Bertz CT molecular complexity index is 1040. The lowest BCUT2D eigenvalue weighted by atomic mass is 9.83. The van der Waals surface area contributed by atoms with E-state index in [0.29, 0.717) is 0 Å². The minimum Gasteiger partial charge on any atom is -0.479 e. The molecule has 0 saturated carbocycles. The number of aliphatic hydroxyl groups excluding tert-OH is 11. The van der Waals surface area contributed by atoms with Gasteiger partial charge in [0.05, 0.1) is 24.9 Å². The Morgan fingerprint density at radius 1 is 0.638 bits per heavy atom. The summed E-state index contributed by atoms with van der Waals surface area (Å²) in [5, 5.41) is 124. The van der Waals surface area contributed by atoms with Crippen LogP contribution in [-0.4, -0.2) is 203 Å². The standard InChI is InChI=1S/C27H46O20/c1-4-27(3)22(46-24-16(36)13(33)10(30)7(2)41-24)18(38)19(21(47-27)23(39)40)44-26-20(15(35)12(32)9(6-29)43-26)45-25-17(37)14(34)11(31)8(5-28)42-25/h7-22,24-26,28-38H,4-6H2,1-3H3,(H,39,40)/t7-,8+,9+,10-,11+,12-,13+,14-,15-,16+,17+,18-,19-,20+,21-,22+,24?,25-,26-,27?/m0/s1. The summed E-state index contributed by atoms with van der Waals surface area (Å²) in [6, 6.07) is 0. The van der Waals surface area contributed by atoms with Crippen LogP contribution < -0.4 is 0 Å². The van der Waals surface area contributed by atoms with Crippen LogP contribution in [0.3, 0.4) is 0 Å². The molecular formula is C27H46O20. The fourth-order valence-electron chi connectivity index (χ4n) is 6.06. The van der Waals surface area contributed by atoms with E-state index in [9.17, 15) is 66.1 Å². The monoisotopic (exact) mass is 690 g/mol. The van der Waals surface area contributed by atoms with E-state index in [-0.39, 0.29) is 6.42 Å². The number of aliphatic carboxylic acids is 1. The lowest BCUT2D eigenvalue weighted by molar-refractivity contribution is -0.391. The highest BCUT2D eigenvalue weighted by Crippen LogP contribution is 2.40. The zero-order chi connectivity index (χ0) is 35.1. The van der Waals surface area contributed by atoms with Gasteiger partial charge in [0.2, 0.25) is 0 Å². The molecule has 274 valence electrons. The molecule has 20 nitrogen and oxygen atoms in total. The molecule has 20 atom stereocenters. The van der Waals surface area contributed by atoms with Crippen LogP contribution in [0.1, 0.15) is 27.2 Å². The summed E-state index contributed by atoms with van der Waals surface area (Å²) in [6.07, 6.45) is -33.4. The smallest absolute Gasteiger partial charge is 0.335 e. The molecular weight excluding hydrogens is 644 g/mol. The molecule has 0 aromatic rings. The molecule has 47 heavy (non-hydrogen) atoms. The second kappa shape index (κ2) is 15.3. The van der Waals surface area contributed by atoms with Crippen LogP contribution in [0.4, 0.5) is 0 Å². The molecule has 0 radical (unpaired) electrons. The van der Waals surface area contributed by atoms with E-state index in [4.69, 9.17) is 33.2 Å². The van der Waals surface area contributed by atoms with E-state index < -0.39 is 141 Å². The van der Waals surface area contributed by atoms with Crippen molar-refractivity contribution < 1.29 is 99.2 Å². The van der Waals surface area contributed by atoms with Crippen molar-refractivity contribution in [2.24, 2.45) is 0 Å². The van der Waals surface area contributed by atoms with Crippen LogP contribution >= 0.6 is 0 Å². The highest BCUT2D eigenvalue weighted by molar-refractivity contribution is 5.73. The number of aliphatic hydroxyl groups is 11. The second-order valence-corrected chi connectivity index (χ2v) is 12.4. The molecule has 20 heteroatoms. The Morgan fingerprint density at radius 3 is 1.66 bits per heavy atom. The van der Waals surface area contributed by atoms with Crippen LogP contribution in [0.5, 0.6) is 0 Å². The molecule has 4 saturated heterocycles. The Morgan fingerprint density at radius 2 is 1.13 bits per heavy atom. The first-order valence-electron chi connectivity index (χ1n) is 15.2. The normalized spacial score (nSPS) is 52.7. The van der Waals surface area contributed by atoms with Crippen LogP contribution in [0, 0.1) is 0 Å². The van der Waals surface area contributed by atoms with Crippen molar-refractivity contribution in [2.45, 2.75) is 149 Å². The predicted molar refractivity (Wildman–Crippen MR) is 146 cm³/mol. The van der Waals surface area contributed by atoms with Crippen LogP contribution in [0.15, 0.2) is 0 Å². The Labute approximate surface area is 268 Å². The number of hydrogen-bond donors (Lipinski definition) is 12. The van der Waals surface area contributed by atoms with Crippen molar-refractivity contribution in [3.63, 3.8) is 0 Å². The molecule has 4 heterocycles. The molecule has 4 rings (SSSR count). The van der Waals surface area contributed by atoms with E-state index in [1.54, 1.807) is 6.92 Å². The average molecular weight is 691 g/mol. The molecule has 0 bridgehead atoms. The fourth-order valence-corrected chi connectivity index (χ4v) is 6.06. The number of carboxylic acids is 1. The maximum atomic E-state index is 12.4. The molecule has 4 aliphatic heterocycles. The largest absolute Gasteiger partial charge is 0.479 e. The van der Waals surface area contributed by atoms with E-state index in [0.717, 1.165) is 0 Å². The van der Waals surface area contributed by atoms with Crippen molar-refractivity contribution in [2.75, 3.05) is 13.2 Å². The van der Waals surface area contributed by atoms with Crippen LogP contribution in [-0.2, 0) is 38.0 Å². The molecule has 4 aliphatic rings. The van der Waals surface area contributed by atoms with Gasteiger partial charge >= 0.3 is 5.97 Å². The summed E-state index contributed by atoms with van der Waals surface area (Å²) in [7, 11) is 0. The van der Waals surface area contributed by atoms with Gasteiger partial charge in [-0.2, -0.15) is 0 Å². The number of rotatable bonds is 10. The molecule has 12 N–H and O–H groups in total. The van der Waals surface area contributed by atoms with Gasteiger partial charge in [-0.1, -0.05) is 6.92 Å². The third-order valence-corrected chi connectivity index (χ3v) is 9.23. The van der Waals surface area contributed by atoms with Crippen molar-refractivity contribution in [1.29, 1.82) is 0 Å². The van der Waals surface area contributed by atoms with Gasteiger partial charge in [0.1, 0.15) is 85.5 Å². The summed E-state index contributed by atoms with van der Waals surface area (Å²) >= 11 is 0. The van der Waals surface area contributed by atoms with Crippen molar-refractivity contribution >= 4 is 5.97 Å². The molecule has 4 fully saturated rings. The summed E-state index contributed by atoms with van der Waals surface area (Å²) < 4.78 is 39.6. The third kappa shape index (κ3) is 7.45. The number of ether oxygens (including phenoxy) is 7. The number of carbonyl (C=O) groups is 1. The number of carboxylic acid groups (broad SMARTS) is 1. The quantitative estimate of drug-likeness (QED) is 0.101. The van der Waals surface area contributed by atoms with Gasteiger partial charge in [0, 0.05) is 0 Å². The minimum absolute atomic E-state index is 0.0229. The van der Waals surface area contributed by atoms with E-state index in [1.807, 2.05) is 0 Å². The highest BCUT2D eigenvalue weighted by atomic mass is 16.8. The maximum absolute atomic E-state index is 12.4. The van der Waals surface area contributed by atoms with Gasteiger partial charge in [0.15, 0.2) is 25.0 Å². The Kier molecular flexibility index (Phi) is 12.6. The lowest BCUT2D eigenvalue weighted by Gasteiger charge is -2.52. The van der Waals surface area contributed by atoms with Crippen LogP contribution in [0.25, 0.3) is 0 Å². The molecule has 0 amide bonds. The molecule has 0 aromatic carbocycles. The first kappa shape index (κ1) is 38.6. The van der Waals surface area contributed by atoms with E-state index >= 15 is 0 Å². The Hall–Kier alpha value is -1.25. The van der Waals surface area contributed by atoms with E-state index in [2.05, 4.69) is 0 Å². The average Bonchev–Trinajstić information content (AvgIpc) is 3.04. The van der Waals surface area contributed by atoms with Gasteiger partial charge in [-0.3, -0.25) is 0 Å². The van der Waals surface area contributed by atoms with Crippen molar-refractivity contribution in [1.82, 2.24) is 0 Å². The fraction of sp³-hybridized carbons (Fsp3) is 0.963. The van der Waals surface area contributed by atoms with Crippen LogP contribution in [0.2, 0.25) is 0 Å². The molecule has 0 aromatic heterocycles. The summed E-state index contributed by atoms with van der Waals surface area (Å²) in [6.45, 7) is 2.66. The molecule has 0 spiro atoms. The highest BCUT2D eigenvalue weighted by Gasteiger charge is 2.59. The first-order chi connectivity index (χ1) is 22.0. The van der Waals surface area contributed by atoms with Gasteiger partial charge in [-0.15, -0.1) is 0 Å².